The van der Waals surface area contributed by atoms with E-state index in [-0.39, 0.29) is 0 Å². The second-order valence-electron chi connectivity index (χ2n) is 2.91. The second-order valence-corrected chi connectivity index (χ2v) is 3.40. The van der Waals surface area contributed by atoms with Crippen LogP contribution in [0.2, 0.25) is 0 Å². The molecule has 0 amide bonds. The largest absolute Gasteiger partial charge is 0.315 e. The molecule has 1 aromatic rings. The minimum Gasteiger partial charge on any atom is -0.315 e. The molecule has 1 fully saturated rings. The van der Waals surface area contributed by atoms with E-state index in [2.05, 4.69) is 36.1 Å². The van der Waals surface area contributed by atoms with Gasteiger partial charge in [-0.25, -0.2) is 0 Å². The normalized spacial score (nSPS) is 17.9. The summed E-state index contributed by atoms with van der Waals surface area (Å²) in [5.41, 5.74) is 1.38. The molecule has 0 aromatic heterocycles. The van der Waals surface area contributed by atoms with E-state index in [1.807, 2.05) is 6.07 Å². The van der Waals surface area contributed by atoms with Gasteiger partial charge in [0, 0.05) is 23.9 Å². The van der Waals surface area contributed by atoms with Crippen molar-refractivity contribution in [3.05, 3.63) is 29.8 Å². The molecular formula is C9H11NS. The number of hydrogen-bond acceptors (Lipinski definition) is 2. The van der Waals surface area contributed by atoms with Gasteiger partial charge in [-0.3, -0.25) is 0 Å². The van der Waals surface area contributed by atoms with E-state index in [9.17, 15) is 0 Å². The zero-order valence-corrected chi connectivity index (χ0v) is 7.14. The molecule has 2 rings (SSSR count). The first-order valence-electron chi connectivity index (χ1n) is 3.86. The highest BCUT2D eigenvalue weighted by Gasteiger charge is 2.19. The summed E-state index contributed by atoms with van der Waals surface area (Å²) >= 11 is 4.40. The quantitative estimate of drug-likeness (QED) is 0.603. The van der Waals surface area contributed by atoms with Crippen molar-refractivity contribution >= 4 is 12.6 Å². The van der Waals surface area contributed by atoms with Gasteiger partial charge in [0.1, 0.15) is 0 Å². The van der Waals surface area contributed by atoms with Gasteiger partial charge in [0.15, 0.2) is 0 Å². The van der Waals surface area contributed by atoms with Crippen LogP contribution in [-0.4, -0.2) is 13.1 Å². The van der Waals surface area contributed by atoms with Crippen LogP contribution in [0, 0.1) is 0 Å². The summed E-state index contributed by atoms with van der Waals surface area (Å²) in [5, 5.41) is 3.25. The van der Waals surface area contributed by atoms with Crippen molar-refractivity contribution in [3.63, 3.8) is 0 Å². The van der Waals surface area contributed by atoms with E-state index in [1.165, 1.54) is 5.56 Å². The Morgan fingerprint density at radius 3 is 2.55 bits per heavy atom. The third-order valence-corrected chi connectivity index (χ3v) is 2.57. The first kappa shape index (κ1) is 7.19. The van der Waals surface area contributed by atoms with Crippen molar-refractivity contribution in [2.24, 2.45) is 0 Å². The summed E-state index contributed by atoms with van der Waals surface area (Å²) in [6.45, 7) is 2.22. The van der Waals surface area contributed by atoms with E-state index in [4.69, 9.17) is 0 Å². The molecule has 2 heteroatoms. The molecule has 0 spiro atoms. The summed E-state index contributed by atoms with van der Waals surface area (Å²) in [4.78, 5) is 1.12. The van der Waals surface area contributed by atoms with Crippen molar-refractivity contribution in [2.75, 3.05) is 13.1 Å². The van der Waals surface area contributed by atoms with Crippen LogP contribution in [0.25, 0.3) is 0 Å². The lowest BCUT2D eigenvalue weighted by Crippen LogP contribution is -2.40. The third kappa shape index (κ3) is 1.28. The van der Waals surface area contributed by atoms with Crippen LogP contribution < -0.4 is 5.32 Å². The highest BCUT2D eigenvalue weighted by molar-refractivity contribution is 7.80. The van der Waals surface area contributed by atoms with Crippen LogP contribution in [0.4, 0.5) is 0 Å². The average molecular weight is 165 g/mol. The summed E-state index contributed by atoms with van der Waals surface area (Å²) in [6, 6.07) is 8.32. The zero-order chi connectivity index (χ0) is 7.68. The predicted octanol–water partition coefficient (Wildman–Crippen LogP) is 1.66. The summed E-state index contributed by atoms with van der Waals surface area (Å²) in [7, 11) is 0. The van der Waals surface area contributed by atoms with Gasteiger partial charge in [-0.05, 0) is 11.6 Å². The molecule has 58 valence electrons. The van der Waals surface area contributed by atoms with Crippen LogP contribution in [0.1, 0.15) is 11.5 Å². The number of benzene rings is 1. The SMILES string of the molecule is Sc1ccccc1C1CNC1. The minimum atomic E-state index is 0.698. The van der Waals surface area contributed by atoms with Crippen molar-refractivity contribution in [3.8, 4) is 0 Å². The summed E-state index contributed by atoms with van der Waals surface area (Å²) < 4.78 is 0. The maximum Gasteiger partial charge on any atom is 0.00995 e. The number of hydrogen-bond donors (Lipinski definition) is 2. The van der Waals surface area contributed by atoms with Gasteiger partial charge in [0.05, 0.1) is 0 Å². The Balaban J connectivity index is 2.28. The fourth-order valence-corrected chi connectivity index (χ4v) is 1.68. The fourth-order valence-electron chi connectivity index (χ4n) is 1.34. The van der Waals surface area contributed by atoms with Gasteiger partial charge in [0.2, 0.25) is 0 Å². The highest BCUT2D eigenvalue weighted by Crippen LogP contribution is 2.25. The van der Waals surface area contributed by atoms with Crippen LogP contribution >= 0.6 is 12.6 Å². The summed E-state index contributed by atoms with van der Waals surface area (Å²) in [5.74, 6) is 0.698. The van der Waals surface area contributed by atoms with E-state index >= 15 is 0 Å². The molecule has 11 heavy (non-hydrogen) atoms. The Labute approximate surface area is 72.2 Å². The number of thiol groups is 1. The Hall–Kier alpha value is -0.470. The molecule has 1 saturated heterocycles. The number of rotatable bonds is 1. The standard InChI is InChI=1S/C9H11NS/c11-9-4-2-1-3-8(9)7-5-10-6-7/h1-4,7,10-11H,5-6H2. The van der Waals surface area contributed by atoms with Gasteiger partial charge in [-0.1, -0.05) is 18.2 Å². The Morgan fingerprint density at radius 2 is 2.00 bits per heavy atom. The Kier molecular flexibility index (Phi) is 1.88. The van der Waals surface area contributed by atoms with Crippen LogP contribution in [0.3, 0.4) is 0 Å². The number of nitrogens with one attached hydrogen (secondary N) is 1. The van der Waals surface area contributed by atoms with Crippen LogP contribution in [0.5, 0.6) is 0 Å². The lowest BCUT2D eigenvalue weighted by Gasteiger charge is -2.28. The Morgan fingerprint density at radius 1 is 1.27 bits per heavy atom. The molecule has 0 saturated carbocycles. The molecule has 1 N–H and O–H groups in total. The topological polar surface area (TPSA) is 12.0 Å². The molecule has 1 aliphatic heterocycles. The van der Waals surface area contributed by atoms with Crippen molar-refractivity contribution in [1.29, 1.82) is 0 Å². The van der Waals surface area contributed by atoms with Crippen molar-refractivity contribution in [1.82, 2.24) is 5.32 Å². The molecule has 0 aliphatic carbocycles. The fraction of sp³-hybridized carbons (Fsp3) is 0.333. The first-order valence-corrected chi connectivity index (χ1v) is 4.31. The predicted molar refractivity (Wildman–Crippen MR) is 49.3 cm³/mol. The van der Waals surface area contributed by atoms with E-state index < -0.39 is 0 Å². The van der Waals surface area contributed by atoms with Gasteiger partial charge >= 0.3 is 0 Å². The first-order chi connectivity index (χ1) is 5.38. The highest BCUT2D eigenvalue weighted by atomic mass is 32.1. The van der Waals surface area contributed by atoms with Crippen molar-refractivity contribution in [2.45, 2.75) is 10.8 Å². The molecule has 0 atom stereocenters. The molecule has 1 heterocycles. The van der Waals surface area contributed by atoms with Crippen molar-refractivity contribution < 1.29 is 0 Å². The molecule has 1 nitrogen and oxygen atoms in total. The molecule has 0 bridgehead atoms. The summed E-state index contributed by atoms with van der Waals surface area (Å²) in [6.07, 6.45) is 0. The molecule has 1 aromatic carbocycles. The van der Waals surface area contributed by atoms with Gasteiger partial charge < -0.3 is 5.32 Å². The second kappa shape index (κ2) is 2.88. The van der Waals surface area contributed by atoms with E-state index in [1.54, 1.807) is 0 Å². The smallest absolute Gasteiger partial charge is 0.00995 e. The average Bonchev–Trinajstić information content (AvgIpc) is 1.90. The lowest BCUT2D eigenvalue weighted by atomic mass is 9.94. The Bertz CT molecular complexity index is 255. The van der Waals surface area contributed by atoms with E-state index in [0.717, 1.165) is 18.0 Å². The van der Waals surface area contributed by atoms with Crippen LogP contribution in [-0.2, 0) is 0 Å². The lowest BCUT2D eigenvalue weighted by molar-refractivity contribution is 0.443. The third-order valence-electron chi connectivity index (χ3n) is 2.16. The monoisotopic (exact) mass is 165 g/mol. The maximum atomic E-state index is 4.40. The molecule has 1 aliphatic rings. The minimum absolute atomic E-state index is 0.698. The molecule has 0 unspecified atom stereocenters. The van der Waals surface area contributed by atoms with Crippen LogP contribution in [0.15, 0.2) is 29.2 Å². The van der Waals surface area contributed by atoms with Gasteiger partial charge in [0.25, 0.3) is 0 Å². The van der Waals surface area contributed by atoms with Gasteiger partial charge in [-0.2, -0.15) is 0 Å². The van der Waals surface area contributed by atoms with Gasteiger partial charge in [-0.15, -0.1) is 12.6 Å². The molecular weight excluding hydrogens is 154 g/mol. The molecule has 0 radical (unpaired) electrons. The zero-order valence-electron chi connectivity index (χ0n) is 6.25. The van der Waals surface area contributed by atoms with E-state index in [0.29, 0.717) is 5.92 Å². The maximum absolute atomic E-state index is 4.40.